The van der Waals surface area contributed by atoms with Gasteiger partial charge in [0.25, 0.3) is 5.91 Å². The molecular formula is C16H15N3O3. The highest BCUT2D eigenvalue weighted by Gasteiger charge is 2.11. The molecule has 0 unspecified atom stereocenters. The molecule has 0 bridgehead atoms. The summed E-state index contributed by atoms with van der Waals surface area (Å²) in [7, 11) is 1.89. The van der Waals surface area contributed by atoms with Gasteiger partial charge in [0.15, 0.2) is 0 Å². The molecule has 3 aromatic rings. The number of benzene rings is 2. The molecule has 0 aliphatic rings. The molecular weight excluding hydrogens is 282 g/mol. The quantitative estimate of drug-likeness (QED) is 0.572. The Morgan fingerprint density at radius 2 is 2.05 bits per heavy atom. The Kier molecular flexibility index (Phi) is 3.76. The van der Waals surface area contributed by atoms with E-state index in [0.29, 0.717) is 17.7 Å². The first-order valence-electron chi connectivity index (χ1n) is 6.76. The summed E-state index contributed by atoms with van der Waals surface area (Å²) in [6, 6.07) is 14.6. The first-order chi connectivity index (χ1) is 10.7. The summed E-state index contributed by atoms with van der Waals surface area (Å²) in [6.45, 7) is 0.330. The molecule has 1 amide bonds. The fourth-order valence-electron chi connectivity index (χ4n) is 2.25. The van der Waals surface area contributed by atoms with E-state index in [0.717, 1.165) is 17.1 Å². The third-order valence-electron chi connectivity index (χ3n) is 3.45. The molecule has 0 atom stereocenters. The van der Waals surface area contributed by atoms with Crippen LogP contribution in [0.4, 0.5) is 0 Å². The van der Waals surface area contributed by atoms with Crippen molar-refractivity contribution < 1.29 is 14.7 Å². The van der Waals surface area contributed by atoms with E-state index in [1.807, 2.05) is 41.9 Å². The lowest BCUT2D eigenvalue weighted by Crippen LogP contribution is -2.18. The van der Waals surface area contributed by atoms with Crippen molar-refractivity contribution >= 4 is 16.9 Å². The number of carbonyl (C=O) groups is 1. The summed E-state index contributed by atoms with van der Waals surface area (Å²) >= 11 is 0. The summed E-state index contributed by atoms with van der Waals surface area (Å²) < 4.78 is 7.61. The highest BCUT2D eigenvalue weighted by atomic mass is 16.5. The van der Waals surface area contributed by atoms with E-state index in [1.165, 1.54) is 0 Å². The average molecular weight is 297 g/mol. The first kappa shape index (κ1) is 14.1. The standard InChI is InChI=1S/C16H15N3O3/c1-19-14-8-7-11(16(20)18-21)9-13(14)17-15(19)10-22-12-5-3-2-4-6-12/h2-9,21H,10H2,1H3,(H,18,20). The van der Waals surface area contributed by atoms with Crippen LogP contribution in [0, 0.1) is 0 Å². The number of amides is 1. The molecule has 0 saturated heterocycles. The van der Waals surface area contributed by atoms with Crippen molar-refractivity contribution in [3.05, 3.63) is 59.9 Å². The third kappa shape index (κ3) is 2.64. The number of aromatic nitrogens is 2. The van der Waals surface area contributed by atoms with Crippen molar-refractivity contribution in [3.63, 3.8) is 0 Å². The van der Waals surface area contributed by atoms with Gasteiger partial charge in [0.2, 0.25) is 0 Å². The zero-order chi connectivity index (χ0) is 15.5. The molecule has 6 nitrogen and oxygen atoms in total. The summed E-state index contributed by atoms with van der Waals surface area (Å²) in [4.78, 5) is 15.9. The van der Waals surface area contributed by atoms with Crippen LogP contribution in [0.1, 0.15) is 16.2 Å². The second kappa shape index (κ2) is 5.87. The zero-order valence-corrected chi connectivity index (χ0v) is 12.0. The largest absolute Gasteiger partial charge is 0.486 e. The Morgan fingerprint density at radius 1 is 1.27 bits per heavy atom. The van der Waals surface area contributed by atoms with Gasteiger partial charge in [-0.2, -0.15) is 0 Å². The van der Waals surface area contributed by atoms with Crippen LogP contribution in [0.2, 0.25) is 0 Å². The van der Waals surface area contributed by atoms with Crippen molar-refractivity contribution in [3.8, 4) is 5.75 Å². The molecule has 0 aliphatic heterocycles. The second-order valence-corrected chi connectivity index (χ2v) is 4.83. The molecule has 22 heavy (non-hydrogen) atoms. The van der Waals surface area contributed by atoms with E-state index in [9.17, 15) is 4.79 Å². The van der Waals surface area contributed by atoms with Crippen molar-refractivity contribution in [2.24, 2.45) is 7.05 Å². The van der Waals surface area contributed by atoms with Gasteiger partial charge in [-0.05, 0) is 30.3 Å². The van der Waals surface area contributed by atoms with E-state index in [1.54, 1.807) is 23.7 Å². The Hall–Kier alpha value is -2.86. The average Bonchev–Trinajstić information content (AvgIpc) is 2.88. The van der Waals surface area contributed by atoms with Gasteiger partial charge >= 0.3 is 0 Å². The minimum Gasteiger partial charge on any atom is -0.486 e. The predicted octanol–water partition coefficient (Wildman–Crippen LogP) is 2.27. The Bertz CT molecular complexity index is 812. The van der Waals surface area contributed by atoms with Crippen molar-refractivity contribution in [2.45, 2.75) is 6.61 Å². The van der Waals surface area contributed by atoms with E-state index < -0.39 is 5.91 Å². The number of nitrogens with zero attached hydrogens (tertiary/aromatic N) is 2. The summed E-state index contributed by atoms with van der Waals surface area (Å²) in [5, 5.41) is 8.69. The van der Waals surface area contributed by atoms with Crippen LogP contribution < -0.4 is 10.2 Å². The molecule has 6 heteroatoms. The predicted molar refractivity (Wildman–Crippen MR) is 80.7 cm³/mol. The summed E-state index contributed by atoms with van der Waals surface area (Å²) in [5.74, 6) is 0.963. The number of ether oxygens (including phenoxy) is 1. The lowest BCUT2D eigenvalue weighted by Gasteiger charge is -2.05. The van der Waals surface area contributed by atoms with E-state index in [-0.39, 0.29) is 0 Å². The van der Waals surface area contributed by atoms with Gasteiger partial charge in [-0.3, -0.25) is 10.0 Å². The third-order valence-corrected chi connectivity index (χ3v) is 3.45. The first-order valence-corrected chi connectivity index (χ1v) is 6.76. The van der Waals surface area contributed by atoms with E-state index >= 15 is 0 Å². The van der Waals surface area contributed by atoms with Crippen LogP contribution in [0.5, 0.6) is 5.75 Å². The Balaban J connectivity index is 1.87. The minimum atomic E-state index is -0.561. The lowest BCUT2D eigenvalue weighted by atomic mass is 10.2. The molecule has 2 aromatic carbocycles. The van der Waals surface area contributed by atoms with Gasteiger partial charge in [0, 0.05) is 12.6 Å². The number of fused-ring (bicyclic) bond motifs is 1. The molecule has 0 spiro atoms. The number of imidazole rings is 1. The van der Waals surface area contributed by atoms with Gasteiger partial charge in [-0.25, -0.2) is 10.5 Å². The normalized spacial score (nSPS) is 10.6. The number of rotatable bonds is 4. The molecule has 0 radical (unpaired) electrons. The molecule has 0 fully saturated rings. The monoisotopic (exact) mass is 297 g/mol. The van der Waals surface area contributed by atoms with Crippen LogP contribution in [0.25, 0.3) is 11.0 Å². The summed E-state index contributed by atoms with van der Waals surface area (Å²) in [6.07, 6.45) is 0. The van der Waals surface area contributed by atoms with Gasteiger partial charge in [-0.1, -0.05) is 18.2 Å². The molecule has 2 N–H and O–H groups in total. The van der Waals surface area contributed by atoms with E-state index in [4.69, 9.17) is 9.94 Å². The number of para-hydroxylation sites is 1. The van der Waals surface area contributed by atoms with E-state index in [2.05, 4.69) is 4.98 Å². The van der Waals surface area contributed by atoms with Gasteiger partial charge in [0.1, 0.15) is 18.2 Å². The number of aryl methyl sites for hydroxylation is 1. The zero-order valence-electron chi connectivity index (χ0n) is 12.0. The lowest BCUT2D eigenvalue weighted by molar-refractivity contribution is 0.0706. The van der Waals surface area contributed by atoms with Crippen LogP contribution >= 0.6 is 0 Å². The van der Waals surface area contributed by atoms with Gasteiger partial charge in [-0.15, -0.1) is 0 Å². The number of hydroxylamine groups is 1. The topological polar surface area (TPSA) is 76.4 Å². The highest BCUT2D eigenvalue weighted by molar-refractivity contribution is 5.96. The summed E-state index contributed by atoms with van der Waals surface area (Å²) in [5.41, 5.74) is 3.53. The second-order valence-electron chi connectivity index (χ2n) is 4.83. The van der Waals surface area contributed by atoms with Crippen molar-refractivity contribution in [1.29, 1.82) is 0 Å². The van der Waals surface area contributed by atoms with Crippen LogP contribution in [0.15, 0.2) is 48.5 Å². The SMILES string of the molecule is Cn1c(COc2ccccc2)nc2cc(C(=O)NO)ccc21. The van der Waals surface area contributed by atoms with Crippen molar-refractivity contribution in [2.75, 3.05) is 0 Å². The number of hydrogen-bond donors (Lipinski definition) is 2. The minimum absolute atomic E-state index is 0.330. The fourth-order valence-corrected chi connectivity index (χ4v) is 2.25. The fraction of sp³-hybridized carbons (Fsp3) is 0.125. The van der Waals surface area contributed by atoms with Crippen LogP contribution in [-0.4, -0.2) is 20.7 Å². The maximum atomic E-state index is 11.4. The number of hydrogen-bond acceptors (Lipinski definition) is 4. The Labute approximate surface area is 126 Å². The molecule has 0 saturated carbocycles. The highest BCUT2D eigenvalue weighted by Crippen LogP contribution is 2.18. The van der Waals surface area contributed by atoms with Gasteiger partial charge in [0.05, 0.1) is 11.0 Å². The molecule has 0 aliphatic carbocycles. The number of carbonyl (C=O) groups excluding carboxylic acids is 1. The molecule has 1 aromatic heterocycles. The van der Waals surface area contributed by atoms with Crippen LogP contribution in [0.3, 0.4) is 0 Å². The van der Waals surface area contributed by atoms with Crippen molar-refractivity contribution in [1.82, 2.24) is 15.0 Å². The molecule has 1 heterocycles. The maximum Gasteiger partial charge on any atom is 0.274 e. The molecule has 3 rings (SSSR count). The molecule has 112 valence electrons. The van der Waals surface area contributed by atoms with Gasteiger partial charge < -0.3 is 9.30 Å². The Morgan fingerprint density at radius 3 is 2.77 bits per heavy atom. The maximum absolute atomic E-state index is 11.4. The van der Waals surface area contributed by atoms with Crippen LogP contribution in [-0.2, 0) is 13.7 Å². The smallest absolute Gasteiger partial charge is 0.274 e. The number of nitrogens with one attached hydrogen (secondary N) is 1.